The van der Waals surface area contributed by atoms with Gasteiger partial charge in [-0.1, -0.05) is 0 Å². The quantitative estimate of drug-likeness (QED) is 0.594. The number of carboxylic acid groups (broad SMARTS) is 1. The molecule has 0 bridgehead atoms. The van der Waals surface area contributed by atoms with E-state index in [1.165, 1.54) is 4.90 Å². The zero-order chi connectivity index (χ0) is 13.0. The summed E-state index contributed by atoms with van der Waals surface area (Å²) in [6.07, 6.45) is 1.74. The molecule has 1 heterocycles. The summed E-state index contributed by atoms with van der Waals surface area (Å²) in [7, 11) is 0. The normalized spacial score (nSPS) is 25.9. The van der Waals surface area contributed by atoms with Crippen molar-refractivity contribution in [2.24, 2.45) is 5.73 Å². The third-order valence-electron chi connectivity index (χ3n) is 2.80. The van der Waals surface area contributed by atoms with Crippen molar-refractivity contribution in [3.63, 3.8) is 0 Å². The minimum absolute atomic E-state index is 0.0583. The van der Waals surface area contributed by atoms with Crippen LogP contribution in [-0.4, -0.2) is 63.7 Å². The van der Waals surface area contributed by atoms with Crippen molar-refractivity contribution in [1.82, 2.24) is 4.90 Å². The highest BCUT2D eigenvalue weighted by molar-refractivity contribution is 7.98. The number of carbonyl (C=O) groups is 2. The van der Waals surface area contributed by atoms with E-state index in [1.807, 2.05) is 6.26 Å². The molecule has 1 aliphatic rings. The second-order valence-corrected chi connectivity index (χ2v) is 5.11. The van der Waals surface area contributed by atoms with Crippen LogP contribution in [0, 0.1) is 0 Å². The summed E-state index contributed by atoms with van der Waals surface area (Å²) in [6, 6.07) is -1.63. The van der Waals surface area contributed by atoms with Crippen LogP contribution in [0.3, 0.4) is 0 Å². The van der Waals surface area contributed by atoms with Crippen LogP contribution in [0.25, 0.3) is 0 Å². The Morgan fingerprint density at radius 2 is 2.24 bits per heavy atom. The van der Waals surface area contributed by atoms with E-state index in [-0.39, 0.29) is 18.9 Å². The number of carboxylic acids is 1. The molecule has 1 saturated heterocycles. The van der Waals surface area contributed by atoms with Crippen LogP contribution in [0.1, 0.15) is 12.8 Å². The average molecular weight is 262 g/mol. The van der Waals surface area contributed by atoms with Gasteiger partial charge in [-0.15, -0.1) is 0 Å². The van der Waals surface area contributed by atoms with E-state index in [4.69, 9.17) is 10.8 Å². The molecule has 0 aliphatic carbocycles. The van der Waals surface area contributed by atoms with Crippen molar-refractivity contribution in [2.45, 2.75) is 31.0 Å². The third kappa shape index (κ3) is 3.58. The number of nitrogens with zero attached hydrogens (tertiary/aromatic N) is 1. The highest BCUT2D eigenvalue weighted by atomic mass is 32.2. The minimum atomic E-state index is -1.09. The van der Waals surface area contributed by atoms with Crippen molar-refractivity contribution >= 4 is 23.6 Å². The van der Waals surface area contributed by atoms with E-state index < -0.39 is 24.2 Å². The SMILES string of the molecule is CSCC[C@H](N)C(=O)N1C[C@H](O)C[C@@H]1C(=O)O. The number of β-amino-alcohol motifs (C(OH)–C–C–N with tert-alkyl or cyclic N) is 1. The highest BCUT2D eigenvalue weighted by Crippen LogP contribution is 2.19. The van der Waals surface area contributed by atoms with E-state index in [1.54, 1.807) is 11.8 Å². The zero-order valence-electron chi connectivity index (χ0n) is 9.70. The van der Waals surface area contributed by atoms with Gasteiger partial charge in [0.1, 0.15) is 6.04 Å². The molecular formula is C10H18N2O4S. The fourth-order valence-corrected chi connectivity index (χ4v) is 2.36. The number of thioether (sulfide) groups is 1. The van der Waals surface area contributed by atoms with Gasteiger partial charge in [-0.25, -0.2) is 4.79 Å². The Morgan fingerprint density at radius 3 is 2.76 bits per heavy atom. The Bertz CT molecular complexity index is 300. The van der Waals surface area contributed by atoms with Crippen LogP contribution < -0.4 is 5.73 Å². The second kappa shape index (κ2) is 6.23. The number of hydrogen-bond donors (Lipinski definition) is 3. The third-order valence-corrected chi connectivity index (χ3v) is 3.44. The maximum atomic E-state index is 11.9. The van der Waals surface area contributed by atoms with Crippen LogP contribution in [0.4, 0.5) is 0 Å². The predicted molar refractivity (Wildman–Crippen MR) is 64.7 cm³/mol. The number of hydrogen-bond acceptors (Lipinski definition) is 5. The van der Waals surface area contributed by atoms with Gasteiger partial charge in [-0.05, 0) is 18.4 Å². The lowest BCUT2D eigenvalue weighted by Crippen LogP contribution is -2.48. The molecule has 1 amide bonds. The van der Waals surface area contributed by atoms with Gasteiger partial charge < -0.3 is 20.8 Å². The summed E-state index contributed by atoms with van der Waals surface area (Å²) in [6.45, 7) is 0.0583. The smallest absolute Gasteiger partial charge is 0.326 e. The summed E-state index contributed by atoms with van der Waals surface area (Å²) in [5.41, 5.74) is 5.71. The van der Waals surface area contributed by atoms with Gasteiger partial charge in [0.25, 0.3) is 0 Å². The summed E-state index contributed by atoms with van der Waals surface area (Å²) >= 11 is 1.58. The lowest BCUT2D eigenvalue weighted by atomic mass is 10.1. The number of nitrogens with two attached hydrogens (primary N) is 1. The van der Waals surface area contributed by atoms with Crippen LogP contribution in [0.15, 0.2) is 0 Å². The van der Waals surface area contributed by atoms with Crippen LogP contribution in [-0.2, 0) is 9.59 Å². The van der Waals surface area contributed by atoms with Gasteiger partial charge >= 0.3 is 5.97 Å². The van der Waals surface area contributed by atoms with E-state index in [2.05, 4.69) is 0 Å². The van der Waals surface area contributed by atoms with Crippen molar-refractivity contribution in [3.05, 3.63) is 0 Å². The molecule has 0 radical (unpaired) electrons. The summed E-state index contributed by atoms with van der Waals surface area (Å²) in [4.78, 5) is 24.1. The highest BCUT2D eigenvalue weighted by Gasteiger charge is 2.40. The Hall–Kier alpha value is -0.790. The number of aliphatic carboxylic acids is 1. The van der Waals surface area contributed by atoms with Crippen molar-refractivity contribution in [3.8, 4) is 0 Å². The van der Waals surface area contributed by atoms with E-state index in [0.29, 0.717) is 6.42 Å². The number of amides is 1. The van der Waals surface area contributed by atoms with Gasteiger partial charge in [0.15, 0.2) is 0 Å². The molecule has 0 saturated carbocycles. The minimum Gasteiger partial charge on any atom is -0.480 e. The average Bonchev–Trinajstić information content (AvgIpc) is 2.67. The number of aliphatic hydroxyl groups excluding tert-OH is 1. The molecule has 6 nitrogen and oxygen atoms in total. The molecule has 4 N–H and O–H groups in total. The zero-order valence-corrected chi connectivity index (χ0v) is 10.5. The van der Waals surface area contributed by atoms with Gasteiger partial charge in [0, 0.05) is 13.0 Å². The van der Waals surface area contributed by atoms with Crippen molar-refractivity contribution < 1.29 is 19.8 Å². The van der Waals surface area contributed by atoms with Crippen LogP contribution >= 0.6 is 11.8 Å². The summed E-state index contributed by atoms with van der Waals surface area (Å²) in [5, 5.41) is 18.4. The monoisotopic (exact) mass is 262 g/mol. The van der Waals surface area contributed by atoms with Crippen molar-refractivity contribution in [1.29, 1.82) is 0 Å². The fourth-order valence-electron chi connectivity index (χ4n) is 1.87. The summed E-state index contributed by atoms with van der Waals surface area (Å²) in [5.74, 6) is -0.726. The van der Waals surface area contributed by atoms with Gasteiger partial charge in [-0.2, -0.15) is 11.8 Å². The first-order valence-electron chi connectivity index (χ1n) is 5.43. The van der Waals surface area contributed by atoms with Gasteiger partial charge in [0.2, 0.25) is 5.91 Å². The van der Waals surface area contributed by atoms with Crippen LogP contribution in [0.5, 0.6) is 0 Å². The predicted octanol–water partition coefficient (Wildman–Crippen LogP) is -0.887. The first-order chi connectivity index (χ1) is 7.97. The molecule has 98 valence electrons. The second-order valence-electron chi connectivity index (χ2n) is 4.12. The number of rotatable bonds is 5. The molecule has 1 aliphatic heterocycles. The van der Waals surface area contributed by atoms with E-state index in [0.717, 1.165) is 5.75 Å². The molecule has 0 spiro atoms. The Balaban J connectivity index is 2.63. The molecule has 3 atom stereocenters. The topological polar surface area (TPSA) is 104 Å². The largest absolute Gasteiger partial charge is 0.480 e. The maximum Gasteiger partial charge on any atom is 0.326 e. The van der Waals surface area contributed by atoms with Crippen LogP contribution in [0.2, 0.25) is 0 Å². The Morgan fingerprint density at radius 1 is 1.59 bits per heavy atom. The van der Waals surface area contributed by atoms with E-state index >= 15 is 0 Å². The molecule has 7 heteroatoms. The molecule has 0 aromatic carbocycles. The Kier molecular flexibility index (Phi) is 5.23. The molecule has 1 rings (SSSR count). The number of aliphatic hydroxyl groups is 1. The molecule has 0 aromatic heterocycles. The molecule has 0 unspecified atom stereocenters. The first-order valence-corrected chi connectivity index (χ1v) is 6.82. The van der Waals surface area contributed by atoms with Gasteiger partial charge in [0.05, 0.1) is 12.1 Å². The molecule has 17 heavy (non-hydrogen) atoms. The number of likely N-dealkylation sites (tertiary alicyclic amines) is 1. The fraction of sp³-hybridized carbons (Fsp3) is 0.800. The molecule has 1 fully saturated rings. The lowest BCUT2D eigenvalue weighted by Gasteiger charge is -2.24. The summed E-state index contributed by atoms with van der Waals surface area (Å²) < 4.78 is 0. The molecular weight excluding hydrogens is 244 g/mol. The molecule has 0 aromatic rings. The van der Waals surface area contributed by atoms with E-state index in [9.17, 15) is 14.7 Å². The lowest BCUT2D eigenvalue weighted by molar-refractivity contribution is -0.148. The number of carbonyl (C=O) groups excluding carboxylic acids is 1. The first kappa shape index (κ1) is 14.3. The Labute approximate surface area is 104 Å². The van der Waals surface area contributed by atoms with Crippen molar-refractivity contribution in [2.75, 3.05) is 18.6 Å². The van der Waals surface area contributed by atoms with Gasteiger partial charge in [-0.3, -0.25) is 4.79 Å². The standard InChI is InChI=1S/C10H18N2O4S/c1-17-3-2-7(11)9(14)12-5-6(13)4-8(12)10(15)16/h6-8,13H,2-5,11H2,1H3,(H,15,16)/t6-,7+,8-/m1/s1. The maximum absolute atomic E-state index is 11.9.